The van der Waals surface area contributed by atoms with Crippen LogP contribution in [0.2, 0.25) is 0 Å². The number of carbonyl (C=O) groups is 2. The molecular weight excluding hydrogens is 605 g/mol. The zero-order valence-corrected chi connectivity index (χ0v) is 25.8. The van der Waals surface area contributed by atoms with Crippen LogP contribution in [0, 0.1) is 5.92 Å². The van der Waals surface area contributed by atoms with E-state index in [-0.39, 0.29) is 43.4 Å². The highest BCUT2D eigenvalue weighted by molar-refractivity contribution is 6.00. The number of rotatable bonds is 8. The third kappa shape index (κ3) is 8.01. The number of likely N-dealkylation sites (N-methyl/N-ethyl adjacent to an activating group) is 1. The van der Waals surface area contributed by atoms with Gasteiger partial charge in [0.15, 0.2) is 11.5 Å². The van der Waals surface area contributed by atoms with Gasteiger partial charge in [0.2, 0.25) is 12.7 Å². The molecule has 0 aliphatic carbocycles. The van der Waals surface area contributed by atoms with E-state index in [2.05, 4.69) is 15.5 Å². The number of halogens is 3. The van der Waals surface area contributed by atoms with Crippen LogP contribution < -0.4 is 24.8 Å². The van der Waals surface area contributed by atoms with Crippen molar-refractivity contribution in [3.63, 3.8) is 0 Å². The summed E-state index contributed by atoms with van der Waals surface area (Å²) in [6.45, 7) is 5.31. The average molecular weight is 643 g/mol. The first-order valence-electron chi connectivity index (χ1n) is 14.9. The smallest absolute Gasteiger partial charge is 0.416 e. The van der Waals surface area contributed by atoms with Crippen molar-refractivity contribution in [2.75, 3.05) is 44.2 Å². The number of nitrogens with zero attached hydrogens (tertiary/aromatic N) is 2. The average Bonchev–Trinajstić information content (AvgIpc) is 3.48. The fourth-order valence-corrected chi connectivity index (χ4v) is 5.48. The van der Waals surface area contributed by atoms with Crippen molar-refractivity contribution in [1.29, 1.82) is 0 Å². The molecule has 2 aliphatic heterocycles. The zero-order valence-electron chi connectivity index (χ0n) is 25.8. The molecule has 3 amide bonds. The fraction of sp³-hybridized carbons (Fsp3) is 0.394. The van der Waals surface area contributed by atoms with Crippen LogP contribution >= 0.6 is 0 Å². The summed E-state index contributed by atoms with van der Waals surface area (Å²) in [5.74, 6) is 1.62. The Balaban J connectivity index is 1.33. The molecule has 3 atom stereocenters. The molecule has 5 rings (SSSR count). The molecule has 0 saturated heterocycles. The first-order chi connectivity index (χ1) is 21.9. The number of ether oxygens (including phenoxy) is 3. The van der Waals surface area contributed by atoms with E-state index in [9.17, 15) is 27.9 Å². The second kappa shape index (κ2) is 13.9. The van der Waals surface area contributed by atoms with Gasteiger partial charge in [-0.3, -0.25) is 9.69 Å². The van der Waals surface area contributed by atoms with Crippen molar-refractivity contribution in [3.8, 4) is 17.2 Å². The summed E-state index contributed by atoms with van der Waals surface area (Å²) in [7, 11) is 1.98. The standard InChI is InChI=1S/C33H37F3N4O6/c1-20-15-40(21(2)18-41)31(42)14-23-13-26(38-32(43)37-25-7-5-24(6-8-25)33(34,35)36)9-11-27(23)46-30(20)17-39(3)16-22-4-10-28-29(12-22)45-19-44-28/h4-13,20-21,30,41H,14-19H2,1-3H3,(H2,37,38,43)/t20-,21-,30-/m1/s1. The predicted molar refractivity (Wildman–Crippen MR) is 165 cm³/mol. The molecule has 0 saturated carbocycles. The van der Waals surface area contributed by atoms with E-state index in [4.69, 9.17) is 14.2 Å². The second-order valence-corrected chi connectivity index (χ2v) is 11.7. The molecular formula is C33H37F3N4O6. The van der Waals surface area contributed by atoms with Gasteiger partial charge in [-0.25, -0.2) is 4.79 Å². The number of nitrogens with one attached hydrogen (secondary N) is 2. The maximum absolute atomic E-state index is 13.5. The summed E-state index contributed by atoms with van der Waals surface area (Å²) >= 11 is 0. The number of anilines is 2. The molecule has 3 aromatic rings. The summed E-state index contributed by atoms with van der Waals surface area (Å²) in [4.78, 5) is 30.0. The Hall–Kier alpha value is -4.49. The Kier molecular flexibility index (Phi) is 9.92. The number of alkyl halides is 3. The molecule has 0 fully saturated rings. The van der Waals surface area contributed by atoms with Crippen LogP contribution in [0.1, 0.15) is 30.5 Å². The molecule has 2 aliphatic rings. The second-order valence-electron chi connectivity index (χ2n) is 11.7. The third-order valence-electron chi connectivity index (χ3n) is 8.03. The van der Waals surface area contributed by atoms with Gasteiger partial charge in [0.1, 0.15) is 11.9 Å². The number of benzene rings is 3. The lowest BCUT2D eigenvalue weighted by molar-refractivity contribution is -0.137. The summed E-state index contributed by atoms with van der Waals surface area (Å²) in [6, 6.07) is 13.8. The molecule has 246 valence electrons. The number of aliphatic hydroxyl groups excluding tert-OH is 1. The molecule has 0 radical (unpaired) electrons. The molecule has 46 heavy (non-hydrogen) atoms. The van der Waals surface area contributed by atoms with Crippen molar-refractivity contribution >= 4 is 23.3 Å². The van der Waals surface area contributed by atoms with Gasteiger partial charge >= 0.3 is 12.2 Å². The lowest BCUT2D eigenvalue weighted by atomic mass is 10.0. The number of carbonyl (C=O) groups excluding carboxylic acids is 2. The van der Waals surface area contributed by atoms with E-state index in [1.165, 1.54) is 12.1 Å². The number of hydrogen-bond acceptors (Lipinski definition) is 7. The molecule has 3 N–H and O–H groups in total. The fourth-order valence-electron chi connectivity index (χ4n) is 5.48. The van der Waals surface area contributed by atoms with Crippen LogP contribution in [-0.4, -0.2) is 72.5 Å². The predicted octanol–water partition coefficient (Wildman–Crippen LogP) is 5.36. The van der Waals surface area contributed by atoms with Gasteiger partial charge in [-0.2, -0.15) is 13.2 Å². The van der Waals surface area contributed by atoms with Crippen molar-refractivity contribution in [2.24, 2.45) is 5.92 Å². The first kappa shape index (κ1) is 32.9. The van der Waals surface area contributed by atoms with Gasteiger partial charge in [-0.1, -0.05) is 13.0 Å². The molecule has 3 aromatic carbocycles. The maximum Gasteiger partial charge on any atom is 0.416 e. The Bertz CT molecular complexity index is 1550. The van der Waals surface area contributed by atoms with Crippen LogP contribution in [-0.2, 0) is 23.9 Å². The Morgan fingerprint density at radius 3 is 2.41 bits per heavy atom. The quantitative estimate of drug-likeness (QED) is 0.303. The summed E-state index contributed by atoms with van der Waals surface area (Å²) < 4.78 is 56.1. The topological polar surface area (TPSA) is 113 Å². The Morgan fingerprint density at radius 1 is 1.02 bits per heavy atom. The molecule has 0 unspecified atom stereocenters. The number of amides is 3. The van der Waals surface area contributed by atoms with Crippen LogP contribution in [0.15, 0.2) is 60.7 Å². The van der Waals surface area contributed by atoms with Gasteiger partial charge < -0.3 is 34.9 Å². The van der Waals surface area contributed by atoms with Crippen LogP contribution in [0.3, 0.4) is 0 Å². The van der Waals surface area contributed by atoms with Crippen LogP contribution in [0.25, 0.3) is 0 Å². The monoisotopic (exact) mass is 642 g/mol. The summed E-state index contributed by atoms with van der Waals surface area (Å²) in [5, 5.41) is 15.1. The number of hydrogen-bond donors (Lipinski definition) is 3. The van der Waals surface area contributed by atoms with Crippen molar-refractivity contribution < 1.29 is 42.1 Å². The molecule has 10 nitrogen and oxygen atoms in total. The van der Waals surface area contributed by atoms with E-state index < -0.39 is 23.8 Å². The van der Waals surface area contributed by atoms with Crippen molar-refractivity contribution in [2.45, 2.75) is 45.1 Å². The van der Waals surface area contributed by atoms with E-state index >= 15 is 0 Å². The molecule has 0 spiro atoms. The Labute approximate surface area is 265 Å². The number of urea groups is 1. The summed E-state index contributed by atoms with van der Waals surface area (Å²) in [5.41, 5.74) is 1.31. The molecule has 0 bridgehead atoms. The molecule has 13 heteroatoms. The molecule has 0 aromatic heterocycles. The van der Waals surface area contributed by atoms with E-state index in [1.807, 2.05) is 32.2 Å². The van der Waals surface area contributed by atoms with E-state index in [0.29, 0.717) is 48.1 Å². The minimum Gasteiger partial charge on any atom is -0.488 e. The van der Waals surface area contributed by atoms with Crippen LogP contribution in [0.5, 0.6) is 17.2 Å². The number of fused-ring (bicyclic) bond motifs is 2. The lowest BCUT2D eigenvalue weighted by Crippen LogP contribution is -2.47. The highest BCUT2D eigenvalue weighted by Crippen LogP contribution is 2.34. The highest BCUT2D eigenvalue weighted by atomic mass is 19.4. The van der Waals surface area contributed by atoms with Gasteiger partial charge in [0.05, 0.1) is 24.6 Å². The maximum atomic E-state index is 13.5. The van der Waals surface area contributed by atoms with Gasteiger partial charge in [-0.05, 0) is 74.1 Å². The highest BCUT2D eigenvalue weighted by Gasteiger charge is 2.32. The Morgan fingerprint density at radius 2 is 1.70 bits per heavy atom. The lowest BCUT2D eigenvalue weighted by Gasteiger charge is -2.34. The zero-order chi connectivity index (χ0) is 33.0. The normalized spacial score (nSPS) is 18.6. The minimum atomic E-state index is -4.48. The van der Waals surface area contributed by atoms with Crippen LogP contribution in [0.4, 0.5) is 29.3 Å². The van der Waals surface area contributed by atoms with Gasteiger partial charge in [-0.15, -0.1) is 0 Å². The van der Waals surface area contributed by atoms with E-state index in [1.54, 1.807) is 30.0 Å². The SMILES string of the molecule is C[C@@H]1CN([C@H](C)CO)C(=O)Cc2cc(NC(=O)Nc3ccc(C(F)(F)F)cc3)ccc2O[C@@H]1CN(C)Cc1ccc2c(c1)OCO2. The van der Waals surface area contributed by atoms with Gasteiger partial charge in [0.25, 0.3) is 0 Å². The summed E-state index contributed by atoms with van der Waals surface area (Å²) in [6.07, 6.45) is -4.84. The third-order valence-corrected chi connectivity index (χ3v) is 8.03. The minimum absolute atomic E-state index is 0.0256. The van der Waals surface area contributed by atoms with E-state index in [0.717, 1.165) is 17.7 Å². The van der Waals surface area contributed by atoms with Gasteiger partial charge in [0, 0.05) is 42.5 Å². The first-order valence-corrected chi connectivity index (χ1v) is 14.9. The largest absolute Gasteiger partial charge is 0.488 e. The number of aliphatic hydroxyl groups is 1. The molecule has 2 heterocycles. The van der Waals surface area contributed by atoms with Crippen molar-refractivity contribution in [3.05, 3.63) is 77.4 Å². The van der Waals surface area contributed by atoms with Crippen molar-refractivity contribution in [1.82, 2.24) is 9.80 Å².